The molecule has 5 heteroatoms. The Kier molecular flexibility index (Phi) is 2.96. The van der Waals surface area contributed by atoms with Crippen molar-refractivity contribution in [2.24, 2.45) is 5.92 Å². The third-order valence-corrected chi connectivity index (χ3v) is 3.98. The van der Waals surface area contributed by atoms with E-state index in [1.54, 1.807) is 0 Å². The average molecular weight is 271 g/mol. The first-order chi connectivity index (χ1) is 9.19. The highest BCUT2D eigenvalue weighted by molar-refractivity contribution is 7.80. The van der Waals surface area contributed by atoms with Gasteiger partial charge in [0.15, 0.2) is 5.11 Å². The van der Waals surface area contributed by atoms with E-state index < -0.39 is 5.92 Å². The first kappa shape index (κ1) is 12.1. The van der Waals surface area contributed by atoms with Gasteiger partial charge in [-0.1, -0.05) is 18.2 Å². The highest BCUT2D eigenvalue weighted by Crippen LogP contribution is 2.29. The third-order valence-electron chi connectivity index (χ3n) is 3.76. The third kappa shape index (κ3) is 2.08. The molecule has 1 aliphatic heterocycles. The molecule has 0 bridgehead atoms. The van der Waals surface area contributed by atoms with Crippen molar-refractivity contribution < 1.29 is 4.79 Å². The summed E-state index contributed by atoms with van der Waals surface area (Å²) in [6.45, 7) is 0. The van der Waals surface area contributed by atoms with Crippen LogP contribution in [0.25, 0.3) is 0 Å². The number of aryl methyl sites for hydroxylation is 2. The number of thiocarbonyl (C=S) groups is 1. The van der Waals surface area contributed by atoms with Crippen LogP contribution in [0.3, 0.4) is 0 Å². The summed E-state index contributed by atoms with van der Waals surface area (Å²) in [6.07, 6.45) is 3.37. The quantitative estimate of drug-likeness (QED) is 0.757. The number of fused-ring (bicyclic) bond motifs is 1. The minimum absolute atomic E-state index is 0.294. The second-order valence-electron chi connectivity index (χ2n) is 4.93. The number of rotatable bonds is 1. The van der Waals surface area contributed by atoms with E-state index in [1.165, 1.54) is 17.5 Å². The summed E-state index contributed by atoms with van der Waals surface area (Å²) in [6, 6.07) is 7.90. The lowest BCUT2D eigenvalue weighted by atomic mass is 9.90. The Morgan fingerprint density at radius 1 is 1.32 bits per heavy atom. The normalized spacial score (nSPS) is 25.2. The van der Waals surface area contributed by atoms with Crippen LogP contribution in [0.1, 0.15) is 29.2 Å². The standard InChI is InChI=1S/C14H13N3OS/c15-7-11-12(16-14(19)17-13(11)18)10-5-4-8-2-1-3-9(8)6-10/h4-6,11-12H,1-3H2,(H2,16,17,18,19). The van der Waals surface area contributed by atoms with Gasteiger partial charge in [0.05, 0.1) is 12.1 Å². The summed E-state index contributed by atoms with van der Waals surface area (Å²) in [5, 5.41) is 15.0. The fourth-order valence-electron chi connectivity index (χ4n) is 2.80. The Bertz CT molecular complexity index is 605. The number of nitriles is 1. The second kappa shape index (κ2) is 4.63. The molecule has 1 fully saturated rings. The van der Waals surface area contributed by atoms with Crippen molar-refractivity contribution in [3.05, 3.63) is 34.9 Å². The predicted molar refractivity (Wildman–Crippen MR) is 74.2 cm³/mol. The van der Waals surface area contributed by atoms with Crippen LogP contribution in [0.15, 0.2) is 18.2 Å². The number of nitrogens with zero attached hydrogens (tertiary/aromatic N) is 1. The zero-order chi connectivity index (χ0) is 13.4. The van der Waals surface area contributed by atoms with E-state index in [0.717, 1.165) is 18.4 Å². The fraction of sp³-hybridized carbons (Fsp3) is 0.357. The maximum atomic E-state index is 11.8. The average Bonchev–Trinajstić information content (AvgIpc) is 2.85. The van der Waals surface area contributed by atoms with Gasteiger partial charge in [-0.2, -0.15) is 5.26 Å². The molecule has 1 aromatic carbocycles. The first-order valence-electron chi connectivity index (χ1n) is 6.32. The van der Waals surface area contributed by atoms with Crippen molar-refractivity contribution in [1.29, 1.82) is 5.26 Å². The Morgan fingerprint density at radius 3 is 2.89 bits per heavy atom. The molecule has 0 spiro atoms. The van der Waals surface area contributed by atoms with Crippen molar-refractivity contribution in [2.45, 2.75) is 25.3 Å². The van der Waals surface area contributed by atoms with Crippen molar-refractivity contribution in [3.63, 3.8) is 0 Å². The van der Waals surface area contributed by atoms with E-state index >= 15 is 0 Å². The van der Waals surface area contributed by atoms with Crippen LogP contribution >= 0.6 is 12.2 Å². The lowest BCUT2D eigenvalue weighted by molar-refractivity contribution is -0.123. The summed E-state index contributed by atoms with van der Waals surface area (Å²) in [7, 11) is 0. The maximum Gasteiger partial charge on any atom is 0.245 e. The molecule has 1 saturated heterocycles. The molecule has 2 atom stereocenters. The number of carbonyl (C=O) groups is 1. The van der Waals surface area contributed by atoms with E-state index in [9.17, 15) is 10.1 Å². The van der Waals surface area contributed by atoms with Gasteiger partial charge >= 0.3 is 0 Å². The van der Waals surface area contributed by atoms with Gasteiger partial charge < -0.3 is 10.6 Å². The van der Waals surface area contributed by atoms with E-state index in [1.807, 2.05) is 6.07 Å². The lowest BCUT2D eigenvalue weighted by Gasteiger charge is -2.29. The Labute approximate surface area is 116 Å². The molecule has 4 nitrogen and oxygen atoms in total. The zero-order valence-electron chi connectivity index (χ0n) is 10.3. The van der Waals surface area contributed by atoms with Crippen LogP contribution in [0.5, 0.6) is 0 Å². The number of nitrogens with one attached hydrogen (secondary N) is 2. The molecule has 0 saturated carbocycles. The van der Waals surface area contributed by atoms with Gasteiger partial charge in [-0.3, -0.25) is 4.79 Å². The molecular formula is C14H13N3OS. The van der Waals surface area contributed by atoms with E-state index in [-0.39, 0.29) is 11.9 Å². The van der Waals surface area contributed by atoms with Crippen LogP contribution < -0.4 is 10.6 Å². The number of hydrogen-bond acceptors (Lipinski definition) is 3. The highest BCUT2D eigenvalue weighted by Gasteiger charge is 2.35. The van der Waals surface area contributed by atoms with Crippen molar-refractivity contribution in [2.75, 3.05) is 0 Å². The zero-order valence-corrected chi connectivity index (χ0v) is 11.1. The summed E-state index contributed by atoms with van der Waals surface area (Å²) in [4.78, 5) is 11.8. The van der Waals surface area contributed by atoms with Gasteiger partial charge in [-0.25, -0.2) is 0 Å². The molecule has 0 aromatic heterocycles. The molecule has 1 aliphatic carbocycles. The second-order valence-corrected chi connectivity index (χ2v) is 5.34. The minimum Gasteiger partial charge on any atom is -0.354 e. The summed E-state index contributed by atoms with van der Waals surface area (Å²) < 4.78 is 0. The van der Waals surface area contributed by atoms with Crippen LogP contribution in [-0.2, 0) is 17.6 Å². The molecule has 1 amide bonds. The number of hydrogen-bond donors (Lipinski definition) is 2. The van der Waals surface area contributed by atoms with Gasteiger partial charge in [0.1, 0.15) is 5.92 Å². The molecule has 3 rings (SSSR count). The molecule has 19 heavy (non-hydrogen) atoms. The van der Waals surface area contributed by atoms with Crippen LogP contribution in [0, 0.1) is 17.2 Å². The van der Waals surface area contributed by atoms with Crippen LogP contribution in [-0.4, -0.2) is 11.0 Å². The highest BCUT2D eigenvalue weighted by atomic mass is 32.1. The fourth-order valence-corrected chi connectivity index (χ4v) is 3.02. The maximum absolute atomic E-state index is 11.8. The molecule has 0 radical (unpaired) electrons. The molecule has 2 N–H and O–H groups in total. The van der Waals surface area contributed by atoms with Crippen LogP contribution in [0.4, 0.5) is 0 Å². The summed E-state index contributed by atoms with van der Waals surface area (Å²) in [5.41, 5.74) is 3.66. The largest absolute Gasteiger partial charge is 0.354 e. The Balaban J connectivity index is 1.97. The predicted octanol–water partition coefficient (Wildman–Crippen LogP) is 1.36. The van der Waals surface area contributed by atoms with E-state index in [2.05, 4.69) is 28.8 Å². The summed E-state index contributed by atoms with van der Waals surface area (Å²) >= 11 is 5.01. The first-order valence-corrected chi connectivity index (χ1v) is 6.72. The molecular weight excluding hydrogens is 258 g/mol. The monoisotopic (exact) mass is 271 g/mol. The number of carbonyl (C=O) groups excluding carboxylic acids is 1. The molecule has 1 heterocycles. The van der Waals surface area contributed by atoms with E-state index in [0.29, 0.717) is 5.11 Å². The Hall–Kier alpha value is -1.93. The number of amides is 1. The molecule has 1 aromatic rings. The van der Waals surface area contributed by atoms with Gasteiger partial charge in [0.2, 0.25) is 5.91 Å². The van der Waals surface area contributed by atoms with E-state index in [4.69, 9.17) is 12.2 Å². The Morgan fingerprint density at radius 2 is 2.11 bits per heavy atom. The van der Waals surface area contributed by atoms with Crippen molar-refractivity contribution in [1.82, 2.24) is 10.6 Å². The molecule has 2 aliphatic rings. The minimum atomic E-state index is -0.744. The summed E-state index contributed by atoms with van der Waals surface area (Å²) in [5.74, 6) is -1.07. The van der Waals surface area contributed by atoms with Crippen molar-refractivity contribution in [3.8, 4) is 6.07 Å². The molecule has 2 unspecified atom stereocenters. The molecule has 96 valence electrons. The van der Waals surface area contributed by atoms with Gasteiger partial charge in [0.25, 0.3) is 0 Å². The smallest absolute Gasteiger partial charge is 0.245 e. The lowest BCUT2D eigenvalue weighted by Crippen LogP contribution is -2.53. The van der Waals surface area contributed by atoms with Crippen molar-refractivity contribution >= 4 is 23.2 Å². The van der Waals surface area contributed by atoms with Gasteiger partial charge in [0, 0.05) is 0 Å². The van der Waals surface area contributed by atoms with Gasteiger partial charge in [-0.15, -0.1) is 0 Å². The SMILES string of the molecule is N#CC1C(=O)NC(=S)NC1c1ccc2c(c1)CCC2. The topological polar surface area (TPSA) is 64.9 Å². The number of benzene rings is 1. The van der Waals surface area contributed by atoms with Gasteiger partial charge in [-0.05, 0) is 48.2 Å². The van der Waals surface area contributed by atoms with Crippen LogP contribution in [0.2, 0.25) is 0 Å².